The van der Waals surface area contributed by atoms with Gasteiger partial charge in [-0.25, -0.2) is 11.4 Å². The van der Waals surface area contributed by atoms with Crippen LogP contribution in [-0.4, -0.2) is 29.3 Å². The molecule has 14 heavy (non-hydrogen) atoms. The lowest BCUT2D eigenvalue weighted by Gasteiger charge is -2.19. The number of ketones is 1. The van der Waals surface area contributed by atoms with Crippen LogP contribution in [0.1, 0.15) is 20.8 Å². The maximum absolute atomic E-state index is 11.3. The summed E-state index contributed by atoms with van der Waals surface area (Å²) in [6, 6.07) is -1.42. The van der Waals surface area contributed by atoms with E-state index in [1.54, 1.807) is 20.8 Å². The molecule has 0 aromatic rings. The molecule has 0 spiro atoms. The molecule has 0 aromatic heterocycles. The van der Waals surface area contributed by atoms with Crippen LogP contribution in [0, 0.1) is 6.57 Å². The zero-order valence-electron chi connectivity index (χ0n) is 8.33. The second-order valence-electron chi connectivity index (χ2n) is 3.67. The van der Waals surface area contributed by atoms with Crippen molar-refractivity contribution in [2.24, 2.45) is 0 Å². The van der Waals surface area contributed by atoms with Crippen LogP contribution in [0.15, 0.2) is 0 Å². The van der Waals surface area contributed by atoms with Crippen LogP contribution >= 0.6 is 11.6 Å². The number of alkyl halides is 1. The molecule has 0 fully saturated rings. The smallest absolute Gasteiger partial charge is 0.399 e. The van der Waals surface area contributed by atoms with Crippen LogP contribution in [0.2, 0.25) is 0 Å². The van der Waals surface area contributed by atoms with Gasteiger partial charge in [0.05, 0.1) is 5.88 Å². The Morgan fingerprint density at radius 2 is 2.00 bits per heavy atom. The van der Waals surface area contributed by atoms with Crippen LogP contribution < -0.4 is 0 Å². The Hall–Kier alpha value is -1.08. The second-order valence-corrected chi connectivity index (χ2v) is 3.93. The van der Waals surface area contributed by atoms with E-state index in [9.17, 15) is 9.59 Å². The fraction of sp³-hybridized carbons (Fsp3) is 0.667. The van der Waals surface area contributed by atoms with E-state index in [0.717, 1.165) is 0 Å². The Bertz CT molecular complexity index is 275. The molecule has 4 nitrogen and oxygen atoms in total. The summed E-state index contributed by atoms with van der Waals surface area (Å²) in [5, 5.41) is 0. The average molecular weight is 218 g/mol. The number of hydrogen-bond donors (Lipinski definition) is 0. The highest BCUT2D eigenvalue weighted by molar-refractivity contribution is 6.30. The minimum atomic E-state index is -1.42. The van der Waals surface area contributed by atoms with Crippen molar-refractivity contribution < 1.29 is 14.3 Å². The third-order valence-corrected chi connectivity index (χ3v) is 1.46. The van der Waals surface area contributed by atoms with Gasteiger partial charge >= 0.3 is 12.0 Å². The molecule has 0 radical (unpaired) electrons. The number of ether oxygens (including phenoxy) is 1. The highest BCUT2D eigenvalue weighted by Gasteiger charge is 2.35. The van der Waals surface area contributed by atoms with Crippen LogP contribution in [-0.2, 0) is 14.3 Å². The molecule has 0 aliphatic carbocycles. The molecule has 1 unspecified atom stereocenters. The summed E-state index contributed by atoms with van der Waals surface area (Å²) in [6.07, 6.45) is 0. The van der Waals surface area contributed by atoms with Crippen LogP contribution in [0.5, 0.6) is 0 Å². The predicted octanol–water partition coefficient (Wildman–Crippen LogP) is 1.42. The molecule has 1 atom stereocenters. The van der Waals surface area contributed by atoms with Gasteiger partial charge < -0.3 is 4.74 Å². The van der Waals surface area contributed by atoms with Gasteiger partial charge in [-0.05, 0) is 20.8 Å². The van der Waals surface area contributed by atoms with Crippen LogP contribution in [0.3, 0.4) is 0 Å². The van der Waals surface area contributed by atoms with E-state index in [4.69, 9.17) is 22.9 Å². The first-order valence-corrected chi connectivity index (χ1v) is 4.53. The molecule has 0 heterocycles. The normalized spacial score (nSPS) is 12.8. The van der Waals surface area contributed by atoms with Crippen molar-refractivity contribution in [1.82, 2.24) is 0 Å². The standard InChI is InChI=1S/C9H12ClNO3/c1-9(2,3)14-8(13)7(11-4)6(12)5-10/h7H,5H2,1-3H3. The summed E-state index contributed by atoms with van der Waals surface area (Å²) in [4.78, 5) is 25.2. The molecule has 0 aromatic carbocycles. The minimum Gasteiger partial charge on any atom is -0.454 e. The Labute approximate surface area is 88.0 Å². The molecule has 0 bridgehead atoms. The zero-order chi connectivity index (χ0) is 11.4. The topological polar surface area (TPSA) is 47.7 Å². The van der Waals surface area contributed by atoms with Gasteiger partial charge in [-0.3, -0.25) is 9.64 Å². The van der Waals surface area contributed by atoms with Gasteiger partial charge in [0.15, 0.2) is 0 Å². The molecule has 0 rings (SSSR count). The first-order valence-electron chi connectivity index (χ1n) is 4.00. The number of hydrogen-bond acceptors (Lipinski definition) is 3. The predicted molar refractivity (Wildman–Crippen MR) is 52.0 cm³/mol. The van der Waals surface area contributed by atoms with E-state index < -0.39 is 23.4 Å². The van der Waals surface area contributed by atoms with Crippen molar-refractivity contribution >= 4 is 23.4 Å². The number of nitrogens with zero attached hydrogens (tertiary/aromatic N) is 1. The number of esters is 1. The lowest BCUT2D eigenvalue weighted by atomic mass is 10.1. The van der Waals surface area contributed by atoms with Crippen molar-refractivity contribution in [3.63, 3.8) is 0 Å². The van der Waals surface area contributed by atoms with E-state index >= 15 is 0 Å². The summed E-state index contributed by atoms with van der Waals surface area (Å²) < 4.78 is 4.88. The van der Waals surface area contributed by atoms with E-state index in [0.29, 0.717) is 0 Å². The summed E-state index contributed by atoms with van der Waals surface area (Å²) in [5.74, 6) is -1.82. The summed E-state index contributed by atoms with van der Waals surface area (Å²) >= 11 is 5.24. The minimum absolute atomic E-state index is 0.355. The van der Waals surface area contributed by atoms with Gasteiger partial charge in [-0.15, -0.1) is 11.6 Å². The molecule has 0 aliphatic rings. The lowest BCUT2D eigenvalue weighted by molar-refractivity contribution is -0.156. The molecule has 0 saturated carbocycles. The summed E-state index contributed by atoms with van der Waals surface area (Å²) in [5.41, 5.74) is -0.702. The highest BCUT2D eigenvalue weighted by Crippen LogP contribution is 2.10. The Morgan fingerprint density at radius 3 is 2.29 bits per heavy atom. The van der Waals surface area contributed by atoms with Gasteiger partial charge in [0.1, 0.15) is 5.60 Å². The Balaban J connectivity index is 4.51. The summed E-state index contributed by atoms with van der Waals surface area (Å²) in [7, 11) is 0. The monoisotopic (exact) mass is 217 g/mol. The largest absolute Gasteiger partial charge is 0.454 e. The zero-order valence-corrected chi connectivity index (χ0v) is 9.09. The molecule has 0 N–H and O–H groups in total. The van der Waals surface area contributed by atoms with Gasteiger partial charge in [-0.1, -0.05) is 0 Å². The molecule has 0 aliphatic heterocycles. The van der Waals surface area contributed by atoms with E-state index in [1.165, 1.54) is 0 Å². The number of Topliss-reactive ketones (excluding diaryl/α,β-unsaturated/α-hetero) is 1. The maximum Gasteiger partial charge on any atom is 0.399 e. The lowest BCUT2D eigenvalue weighted by Crippen LogP contribution is -2.35. The van der Waals surface area contributed by atoms with Gasteiger partial charge in [0.2, 0.25) is 5.78 Å². The van der Waals surface area contributed by atoms with Crippen molar-refractivity contribution in [2.45, 2.75) is 32.4 Å². The molecular formula is C9H12ClNO3. The molecule has 5 heteroatoms. The third-order valence-electron chi connectivity index (χ3n) is 1.20. The SMILES string of the molecule is [C-]#[N+]C(C(=O)CCl)C(=O)OC(C)(C)C. The molecule has 0 saturated heterocycles. The maximum atomic E-state index is 11.3. The van der Waals surface area contributed by atoms with E-state index in [1.807, 2.05) is 0 Å². The highest BCUT2D eigenvalue weighted by atomic mass is 35.5. The second kappa shape index (κ2) is 4.97. The molecular weight excluding hydrogens is 206 g/mol. The van der Waals surface area contributed by atoms with E-state index in [2.05, 4.69) is 4.85 Å². The fourth-order valence-electron chi connectivity index (χ4n) is 0.687. The van der Waals surface area contributed by atoms with Gasteiger partial charge in [-0.2, -0.15) is 0 Å². The number of carbonyl (C=O) groups excluding carboxylic acids is 2. The van der Waals surface area contributed by atoms with Gasteiger partial charge in [0.25, 0.3) is 0 Å². The van der Waals surface area contributed by atoms with Crippen LogP contribution in [0.4, 0.5) is 0 Å². The number of rotatable bonds is 3. The fourth-order valence-corrected chi connectivity index (χ4v) is 0.833. The first kappa shape index (κ1) is 12.9. The number of carbonyl (C=O) groups is 2. The van der Waals surface area contributed by atoms with Crippen molar-refractivity contribution in [3.05, 3.63) is 11.4 Å². The Kier molecular flexibility index (Phi) is 4.58. The third kappa shape index (κ3) is 4.24. The number of halogens is 1. The van der Waals surface area contributed by atoms with Crippen molar-refractivity contribution in [1.29, 1.82) is 0 Å². The van der Waals surface area contributed by atoms with Crippen molar-refractivity contribution in [2.75, 3.05) is 5.88 Å². The van der Waals surface area contributed by atoms with Gasteiger partial charge in [0, 0.05) is 0 Å². The van der Waals surface area contributed by atoms with E-state index in [-0.39, 0.29) is 5.88 Å². The quantitative estimate of drug-likeness (QED) is 0.311. The average Bonchev–Trinajstić information content (AvgIpc) is 2.01. The Morgan fingerprint density at radius 1 is 1.50 bits per heavy atom. The van der Waals surface area contributed by atoms with Crippen molar-refractivity contribution in [3.8, 4) is 0 Å². The first-order chi connectivity index (χ1) is 6.31. The summed E-state index contributed by atoms with van der Waals surface area (Å²) in [6.45, 7) is 11.7. The van der Waals surface area contributed by atoms with Crippen LogP contribution in [0.25, 0.3) is 4.85 Å². The molecule has 0 amide bonds. The molecule has 78 valence electrons.